The van der Waals surface area contributed by atoms with E-state index in [-0.39, 0.29) is 48.7 Å². The van der Waals surface area contributed by atoms with E-state index in [1.54, 1.807) is 38.1 Å². The van der Waals surface area contributed by atoms with E-state index in [9.17, 15) is 14.4 Å². The molecule has 26 heavy (non-hydrogen) atoms. The van der Waals surface area contributed by atoms with Gasteiger partial charge in [0.25, 0.3) is 5.91 Å². The van der Waals surface area contributed by atoms with Gasteiger partial charge >= 0.3 is 5.97 Å². The van der Waals surface area contributed by atoms with E-state index < -0.39 is 5.97 Å². The minimum Gasteiger partial charge on any atom is -0.466 e. The fourth-order valence-corrected chi connectivity index (χ4v) is 2.42. The molecular formula is C18H23N3O5. The summed E-state index contributed by atoms with van der Waals surface area (Å²) in [5.74, 6) is -1.19. The van der Waals surface area contributed by atoms with Gasteiger partial charge in [-0.25, -0.2) is 4.79 Å². The molecular weight excluding hydrogens is 338 g/mol. The lowest BCUT2D eigenvalue weighted by Gasteiger charge is -2.15. The van der Waals surface area contributed by atoms with Crippen LogP contribution in [0.2, 0.25) is 0 Å². The molecule has 1 aromatic carbocycles. The maximum Gasteiger partial charge on any atom is 0.337 e. The molecule has 2 rings (SSSR count). The molecule has 0 saturated heterocycles. The number of β-amino-alcohol motifs (C(OH)–C–C–N with tert-alkyl or cyclic N) is 1. The lowest BCUT2D eigenvalue weighted by Crippen LogP contribution is -2.31. The van der Waals surface area contributed by atoms with Crippen LogP contribution in [0.5, 0.6) is 0 Å². The van der Waals surface area contributed by atoms with Gasteiger partial charge in [0.1, 0.15) is 5.70 Å². The highest BCUT2D eigenvalue weighted by Gasteiger charge is 2.34. The summed E-state index contributed by atoms with van der Waals surface area (Å²) in [6, 6.07) is 6.79. The SMILES string of the molecule is COC(=O)C1=C(Nc2ccc(NC(=O)C(C)C)cc2)C(=O)N(CCO)C1. The van der Waals surface area contributed by atoms with E-state index in [0.717, 1.165) is 0 Å². The van der Waals surface area contributed by atoms with Gasteiger partial charge in [-0.15, -0.1) is 0 Å². The highest BCUT2D eigenvalue weighted by molar-refractivity contribution is 6.08. The van der Waals surface area contributed by atoms with Crippen LogP contribution in [-0.4, -0.2) is 54.6 Å². The number of anilines is 2. The van der Waals surface area contributed by atoms with Crippen LogP contribution in [0.3, 0.4) is 0 Å². The molecule has 2 amide bonds. The van der Waals surface area contributed by atoms with Crippen LogP contribution in [0.25, 0.3) is 0 Å². The van der Waals surface area contributed by atoms with Gasteiger partial charge in [0.15, 0.2) is 0 Å². The van der Waals surface area contributed by atoms with E-state index in [1.165, 1.54) is 12.0 Å². The zero-order chi connectivity index (χ0) is 19.3. The zero-order valence-corrected chi connectivity index (χ0v) is 15.0. The predicted octanol–water partition coefficient (Wildman–Crippen LogP) is 0.955. The number of esters is 1. The van der Waals surface area contributed by atoms with Crippen molar-refractivity contribution >= 4 is 29.2 Å². The smallest absolute Gasteiger partial charge is 0.337 e. The third kappa shape index (κ3) is 4.40. The number of nitrogens with one attached hydrogen (secondary N) is 2. The standard InChI is InChI=1S/C18H23N3O5/c1-11(2)16(23)20-13-6-4-12(5-7-13)19-15-14(18(25)26-3)10-21(8-9-22)17(15)24/h4-7,11,19,22H,8-10H2,1-3H3,(H,20,23). The van der Waals surface area contributed by atoms with E-state index >= 15 is 0 Å². The number of amides is 2. The van der Waals surface area contributed by atoms with Crippen molar-refractivity contribution in [2.45, 2.75) is 13.8 Å². The maximum atomic E-state index is 12.4. The second-order valence-electron chi connectivity index (χ2n) is 6.14. The quantitative estimate of drug-likeness (QED) is 0.624. The Morgan fingerprint density at radius 2 is 1.85 bits per heavy atom. The molecule has 0 aliphatic carbocycles. The van der Waals surface area contributed by atoms with E-state index in [2.05, 4.69) is 10.6 Å². The van der Waals surface area contributed by atoms with Gasteiger partial charge in [0, 0.05) is 23.8 Å². The van der Waals surface area contributed by atoms with E-state index in [0.29, 0.717) is 11.4 Å². The Hall–Kier alpha value is -2.87. The molecule has 0 unspecified atom stereocenters. The Bertz CT molecular complexity index is 725. The highest BCUT2D eigenvalue weighted by atomic mass is 16.5. The monoisotopic (exact) mass is 361 g/mol. The van der Waals surface area contributed by atoms with Gasteiger partial charge in [0.2, 0.25) is 5.91 Å². The number of carbonyl (C=O) groups is 3. The molecule has 0 saturated carbocycles. The van der Waals surface area contributed by atoms with Crippen molar-refractivity contribution in [2.75, 3.05) is 37.4 Å². The Kier molecular flexibility index (Phi) is 6.35. The van der Waals surface area contributed by atoms with Crippen molar-refractivity contribution < 1.29 is 24.2 Å². The summed E-state index contributed by atoms with van der Waals surface area (Å²) in [7, 11) is 1.25. The Balaban J connectivity index is 2.17. The first-order valence-electron chi connectivity index (χ1n) is 8.27. The first-order chi connectivity index (χ1) is 12.4. The normalized spacial score (nSPS) is 14.0. The Morgan fingerprint density at radius 1 is 1.23 bits per heavy atom. The molecule has 0 fully saturated rings. The average Bonchev–Trinajstić information content (AvgIpc) is 2.92. The van der Waals surface area contributed by atoms with Crippen molar-refractivity contribution in [3.8, 4) is 0 Å². The summed E-state index contributed by atoms with van der Waals surface area (Å²) in [5, 5.41) is 14.8. The van der Waals surface area contributed by atoms with Crippen LogP contribution in [0, 0.1) is 5.92 Å². The summed E-state index contributed by atoms with van der Waals surface area (Å²) in [5.41, 5.74) is 1.56. The summed E-state index contributed by atoms with van der Waals surface area (Å²) < 4.78 is 4.74. The van der Waals surface area contributed by atoms with Crippen molar-refractivity contribution in [3.63, 3.8) is 0 Å². The third-order valence-corrected chi connectivity index (χ3v) is 3.90. The number of hydrogen-bond donors (Lipinski definition) is 3. The van der Waals surface area contributed by atoms with Gasteiger partial charge in [0.05, 0.1) is 25.8 Å². The molecule has 1 aliphatic heterocycles. The van der Waals surface area contributed by atoms with Crippen molar-refractivity contribution in [2.24, 2.45) is 5.92 Å². The molecule has 0 spiro atoms. The second-order valence-corrected chi connectivity index (χ2v) is 6.14. The lowest BCUT2D eigenvalue weighted by molar-refractivity contribution is -0.136. The number of rotatable bonds is 7. The highest BCUT2D eigenvalue weighted by Crippen LogP contribution is 2.23. The fourth-order valence-electron chi connectivity index (χ4n) is 2.42. The number of methoxy groups -OCH3 is 1. The second kappa shape index (κ2) is 8.48. The number of benzene rings is 1. The minimum atomic E-state index is -0.595. The molecule has 1 aromatic rings. The molecule has 140 valence electrons. The van der Waals surface area contributed by atoms with Crippen LogP contribution in [0.15, 0.2) is 35.5 Å². The van der Waals surface area contributed by atoms with E-state index in [4.69, 9.17) is 9.84 Å². The van der Waals surface area contributed by atoms with Crippen molar-refractivity contribution in [1.82, 2.24) is 4.90 Å². The van der Waals surface area contributed by atoms with Crippen LogP contribution in [-0.2, 0) is 19.1 Å². The molecule has 1 aliphatic rings. The molecule has 0 atom stereocenters. The molecule has 0 radical (unpaired) electrons. The van der Waals surface area contributed by atoms with Crippen molar-refractivity contribution in [1.29, 1.82) is 0 Å². The Morgan fingerprint density at radius 3 is 2.38 bits per heavy atom. The topological polar surface area (TPSA) is 108 Å². The zero-order valence-electron chi connectivity index (χ0n) is 15.0. The van der Waals surface area contributed by atoms with Crippen molar-refractivity contribution in [3.05, 3.63) is 35.5 Å². The van der Waals surface area contributed by atoms with Crippen LogP contribution in [0.4, 0.5) is 11.4 Å². The third-order valence-electron chi connectivity index (χ3n) is 3.90. The first-order valence-corrected chi connectivity index (χ1v) is 8.27. The summed E-state index contributed by atoms with van der Waals surface area (Å²) in [4.78, 5) is 37.5. The maximum absolute atomic E-state index is 12.4. The first kappa shape index (κ1) is 19.5. The number of aliphatic hydroxyl groups excluding tert-OH is 1. The molecule has 8 nitrogen and oxygen atoms in total. The predicted molar refractivity (Wildman–Crippen MR) is 96.2 cm³/mol. The minimum absolute atomic E-state index is 0.0803. The van der Waals surface area contributed by atoms with Gasteiger partial charge in [-0.1, -0.05) is 13.8 Å². The van der Waals surface area contributed by atoms with Gasteiger partial charge in [-0.3, -0.25) is 9.59 Å². The number of hydrogen-bond acceptors (Lipinski definition) is 6. The van der Waals surface area contributed by atoms with Gasteiger partial charge in [-0.05, 0) is 24.3 Å². The summed E-state index contributed by atoms with van der Waals surface area (Å²) >= 11 is 0. The van der Waals surface area contributed by atoms with Crippen LogP contribution in [0.1, 0.15) is 13.8 Å². The van der Waals surface area contributed by atoms with Crippen LogP contribution >= 0.6 is 0 Å². The van der Waals surface area contributed by atoms with Gasteiger partial charge in [-0.2, -0.15) is 0 Å². The van der Waals surface area contributed by atoms with E-state index in [1.807, 2.05) is 0 Å². The number of ether oxygens (including phenoxy) is 1. The average molecular weight is 361 g/mol. The van der Waals surface area contributed by atoms with Crippen LogP contribution < -0.4 is 10.6 Å². The largest absolute Gasteiger partial charge is 0.466 e. The molecule has 8 heteroatoms. The molecule has 0 bridgehead atoms. The summed E-state index contributed by atoms with van der Waals surface area (Å²) in [6.07, 6.45) is 0. The number of aliphatic hydroxyl groups is 1. The lowest BCUT2D eigenvalue weighted by atomic mass is 10.2. The molecule has 3 N–H and O–H groups in total. The number of nitrogens with zero attached hydrogens (tertiary/aromatic N) is 1. The van der Waals surface area contributed by atoms with Gasteiger partial charge < -0.3 is 25.4 Å². The number of carbonyl (C=O) groups excluding carboxylic acids is 3. The Labute approximate surface area is 151 Å². The fraction of sp³-hybridized carbons (Fsp3) is 0.389. The molecule has 0 aromatic heterocycles. The molecule has 1 heterocycles. The summed E-state index contributed by atoms with van der Waals surface area (Å²) in [6.45, 7) is 3.62.